The van der Waals surface area contributed by atoms with Crippen LogP contribution in [0.15, 0.2) is 72.8 Å². The molecule has 40 heavy (non-hydrogen) atoms. The first-order valence-corrected chi connectivity index (χ1v) is 13.1. The van der Waals surface area contributed by atoms with Crippen LogP contribution in [0.1, 0.15) is 25.3 Å². The Morgan fingerprint density at radius 3 is 2.27 bits per heavy atom. The number of urea groups is 1. The molecule has 3 aromatic carbocycles. The number of carboxylic acids is 1. The number of anilines is 1. The molecule has 0 aliphatic heterocycles. The van der Waals surface area contributed by atoms with Gasteiger partial charge in [0, 0.05) is 25.6 Å². The first kappa shape index (κ1) is 30.4. The normalized spacial score (nSPS) is 11.5. The first-order valence-electron chi connectivity index (χ1n) is 13.1. The standard InChI is InChI=1S/C30H34F2N2O6/c1-2-38-28(29(35)36)20-22-10-13-25(14-11-22)40-19-17-34(16-6-7-18-39-24-8-4-3-5-9-24)30(37)33-27-15-12-23(31)21-26(27)32/h3-5,8-15,21,28H,2,6-7,16-20H2,1H3,(H,33,37)(H,35,36). The molecule has 3 rings (SSSR count). The third kappa shape index (κ3) is 10.2. The summed E-state index contributed by atoms with van der Waals surface area (Å²) in [5, 5.41) is 11.8. The van der Waals surface area contributed by atoms with Gasteiger partial charge in [0.15, 0.2) is 6.10 Å². The van der Waals surface area contributed by atoms with Crippen LogP contribution < -0.4 is 14.8 Å². The van der Waals surface area contributed by atoms with Crippen molar-refractivity contribution in [3.8, 4) is 11.5 Å². The third-order valence-corrected chi connectivity index (χ3v) is 5.91. The molecule has 10 heteroatoms. The molecule has 0 aromatic heterocycles. The first-order chi connectivity index (χ1) is 19.4. The summed E-state index contributed by atoms with van der Waals surface area (Å²) < 4.78 is 44.1. The summed E-state index contributed by atoms with van der Waals surface area (Å²) >= 11 is 0. The van der Waals surface area contributed by atoms with Crippen LogP contribution in [-0.4, -0.2) is 61.0 Å². The SMILES string of the molecule is CCOC(Cc1ccc(OCCN(CCCCOc2ccccc2)C(=O)Nc2ccc(F)cc2F)cc1)C(=O)O. The van der Waals surface area contributed by atoms with Crippen molar-refractivity contribution in [3.63, 3.8) is 0 Å². The number of amides is 2. The maximum Gasteiger partial charge on any atom is 0.333 e. The molecule has 0 saturated carbocycles. The summed E-state index contributed by atoms with van der Waals surface area (Å²) in [5.41, 5.74) is 0.667. The fraction of sp³-hybridized carbons (Fsp3) is 0.333. The number of halogens is 2. The molecule has 2 N–H and O–H groups in total. The van der Waals surface area contributed by atoms with E-state index in [-0.39, 0.29) is 25.3 Å². The fourth-order valence-corrected chi connectivity index (χ4v) is 3.84. The number of aliphatic carboxylic acids is 1. The highest BCUT2D eigenvalue weighted by Crippen LogP contribution is 2.17. The number of para-hydroxylation sites is 1. The second-order valence-corrected chi connectivity index (χ2v) is 8.89. The van der Waals surface area contributed by atoms with E-state index in [0.29, 0.717) is 44.4 Å². The smallest absolute Gasteiger partial charge is 0.333 e. The van der Waals surface area contributed by atoms with Gasteiger partial charge in [0.05, 0.1) is 18.8 Å². The summed E-state index contributed by atoms with van der Waals surface area (Å²) in [7, 11) is 0. The summed E-state index contributed by atoms with van der Waals surface area (Å²) in [6, 6.07) is 18.8. The van der Waals surface area contributed by atoms with E-state index >= 15 is 0 Å². The largest absolute Gasteiger partial charge is 0.494 e. The highest BCUT2D eigenvalue weighted by Gasteiger charge is 2.18. The summed E-state index contributed by atoms with van der Waals surface area (Å²) in [4.78, 5) is 25.8. The van der Waals surface area contributed by atoms with E-state index in [2.05, 4.69) is 5.32 Å². The van der Waals surface area contributed by atoms with Gasteiger partial charge in [0.2, 0.25) is 0 Å². The number of carbonyl (C=O) groups excluding carboxylic acids is 1. The molecule has 0 aliphatic rings. The van der Waals surface area contributed by atoms with Gasteiger partial charge in [-0.25, -0.2) is 18.4 Å². The Labute approximate surface area is 232 Å². The molecule has 0 saturated heterocycles. The Morgan fingerprint density at radius 2 is 1.60 bits per heavy atom. The van der Waals surface area contributed by atoms with Crippen molar-refractivity contribution < 1.29 is 37.7 Å². The Bertz CT molecular complexity index is 1210. The number of hydrogen-bond donors (Lipinski definition) is 2. The number of benzene rings is 3. The summed E-state index contributed by atoms with van der Waals surface area (Å²) in [5.74, 6) is -1.31. The lowest BCUT2D eigenvalue weighted by molar-refractivity contribution is -0.149. The van der Waals surface area contributed by atoms with Crippen molar-refractivity contribution in [2.45, 2.75) is 32.3 Å². The van der Waals surface area contributed by atoms with Crippen molar-refractivity contribution in [2.24, 2.45) is 0 Å². The Kier molecular flexibility index (Phi) is 12.2. The van der Waals surface area contributed by atoms with E-state index in [1.54, 1.807) is 31.2 Å². The molecule has 1 unspecified atom stereocenters. The number of hydrogen-bond acceptors (Lipinski definition) is 5. The molecule has 0 aliphatic carbocycles. The molecule has 0 heterocycles. The van der Waals surface area contributed by atoms with E-state index in [0.717, 1.165) is 17.4 Å². The van der Waals surface area contributed by atoms with Gasteiger partial charge in [-0.3, -0.25) is 0 Å². The lowest BCUT2D eigenvalue weighted by Gasteiger charge is -2.23. The van der Waals surface area contributed by atoms with Crippen LogP contribution in [0.2, 0.25) is 0 Å². The molecular weight excluding hydrogens is 522 g/mol. The molecule has 0 bridgehead atoms. The zero-order chi connectivity index (χ0) is 28.7. The Balaban J connectivity index is 1.53. The van der Waals surface area contributed by atoms with Gasteiger partial charge in [-0.2, -0.15) is 0 Å². The average Bonchev–Trinajstić information content (AvgIpc) is 2.94. The van der Waals surface area contributed by atoms with Crippen LogP contribution in [-0.2, 0) is 16.0 Å². The van der Waals surface area contributed by atoms with Crippen molar-refractivity contribution in [2.75, 3.05) is 38.2 Å². The molecule has 0 radical (unpaired) electrons. The highest BCUT2D eigenvalue weighted by molar-refractivity contribution is 5.89. The van der Waals surface area contributed by atoms with Crippen LogP contribution >= 0.6 is 0 Å². The van der Waals surface area contributed by atoms with Crippen molar-refractivity contribution >= 4 is 17.7 Å². The minimum absolute atomic E-state index is 0.118. The molecule has 0 fully saturated rings. The fourth-order valence-electron chi connectivity index (χ4n) is 3.84. The second-order valence-electron chi connectivity index (χ2n) is 8.89. The van der Waals surface area contributed by atoms with E-state index in [9.17, 15) is 23.5 Å². The number of nitrogens with zero attached hydrogens (tertiary/aromatic N) is 1. The van der Waals surface area contributed by atoms with Crippen molar-refractivity contribution in [1.29, 1.82) is 0 Å². The maximum absolute atomic E-state index is 14.1. The molecule has 1 atom stereocenters. The molecule has 8 nitrogen and oxygen atoms in total. The molecule has 3 aromatic rings. The quantitative estimate of drug-likeness (QED) is 0.218. The van der Waals surface area contributed by atoms with E-state index in [4.69, 9.17) is 14.2 Å². The lowest BCUT2D eigenvalue weighted by atomic mass is 10.1. The van der Waals surface area contributed by atoms with Gasteiger partial charge < -0.3 is 29.5 Å². The monoisotopic (exact) mass is 556 g/mol. The van der Waals surface area contributed by atoms with Crippen molar-refractivity contribution in [1.82, 2.24) is 4.90 Å². The lowest BCUT2D eigenvalue weighted by Crippen LogP contribution is -2.39. The van der Waals surface area contributed by atoms with Gasteiger partial charge in [-0.05, 0) is 61.7 Å². The van der Waals surface area contributed by atoms with E-state index in [1.807, 2.05) is 30.3 Å². The number of carbonyl (C=O) groups is 2. The minimum Gasteiger partial charge on any atom is -0.494 e. The van der Waals surface area contributed by atoms with Gasteiger partial charge in [-0.1, -0.05) is 30.3 Å². The number of nitrogens with one attached hydrogen (secondary N) is 1. The number of carboxylic acid groups (broad SMARTS) is 1. The van der Waals surface area contributed by atoms with Crippen LogP contribution in [0.25, 0.3) is 0 Å². The Hall–Kier alpha value is -4.18. The van der Waals surface area contributed by atoms with Gasteiger partial charge in [0.25, 0.3) is 0 Å². The number of ether oxygens (including phenoxy) is 3. The average molecular weight is 557 g/mol. The predicted molar refractivity (Wildman–Crippen MR) is 147 cm³/mol. The zero-order valence-corrected chi connectivity index (χ0v) is 22.4. The molecule has 0 spiro atoms. The Morgan fingerprint density at radius 1 is 0.900 bits per heavy atom. The minimum atomic E-state index is -1.02. The zero-order valence-electron chi connectivity index (χ0n) is 22.4. The van der Waals surface area contributed by atoms with Crippen LogP contribution in [0, 0.1) is 11.6 Å². The second kappa shape index (κ2) is 16.0. The van der Waals surface area contributed by atoms with E-state index in [1.165, 1.54) is 11.0 Å². The number of rotatable bonds is 16. The summed E-state index contributed by atoms with van der Waals surface area (Å²) in [6.45, 7) is 3.25. The topological polar surface area (TPSA) is 97.3 Å². The van der Waals surface area contributed by atoms with E-state index < -0.39 is 29.7 Å². The maximum atomic E-state index is 14.1. The molecule has 2 amide bonds. The van der Waals surface area contributed by atoms with Crippen LogP contribution in [0.3, 0.4) is 0 Å². The summed E-state index contributed by atoms with van der Waals surface area (Å²) in [6.07, 6.45) is 0.620. The highest BCUT2D eigenvalue weighted by atomic mass is 19.1. The van der Waals surface area contributed by atoms with Gasteiger partial charge in [0.1, 0.15) is 29.7 Å². The van der Waals surface area contributed by atoms with Gasteiger partial charge >= 0.3 is 12.0 Å². The molecule has 214 valence electrons. The van der Waals surface area contributed by atoms with Crippen LogP contribution in [0.4, 0.5) is 19.3 Å². The van der Waals surface area contributed by atoms with Crippen molar-refractivity contribution in [3.05, 3.63) is 90.0 Å². The van der Waals surface area contributed by atoms with Crippen LogP contribution in [0.5, 0.6) is 11.5 Å². The molecular formula is C30H34F2N2O6. The van der Waals surface area contributed by atoms with Gasteiger partial charge in [-0.15, -0.1) is 0 Å². The number of unbranched alkanes of at least 4 members (excludes halogenated alkanes) is 1. The predicted octanol–water partition coefficient (Wildman–Crippen LogP) is 5.77. The third-order valence-electron chi connectivity index (χ3n) is 5.91.